The Labute approximate surface area is 264 Å². The molecule has 6 nitrogen and oxygen atoms in total. The molecule has 1 aromatic carbocycles. The second kappa shape index (κ2) is 21.9. The minimum Gasteiger partial charge on any atom is -0.387 e. The molecule has 2 aromatic rings. The summed E-state index contributed by atoms with van der Waals surface area (Å²) >= 11 is 7.54. The van der Waals surface area contributed by atoms with Gasteiger partial charge in [0.1, 0.15) is 12.1 Å². The van der Waals surface area contributed by atoms with Crippen molar-refractivity contribution in [3.05, 3.63) is 58.6 Å². The first-order chi connectivity index (χ1) is 19.8. The summed E-state index contributed by atoms with van der Waals surface area (Å²) in [6.45, 7) is 11.6. The predicted molar refractivity (Wildman–Crippen MR) is 179 cm³/mol. The van der Waals surface area contributed by atoms with Gasteiger partial charge < -0.3 is 20.2 Å². The molecule has 0 bridgehead atoms. The number of aldehydes is 1. The van der Waals surface area contributed by atoms with Gasteiger partial charge in [-0.05, 0) is 77.3 Å². The number of aryl methyl sites for hydroxylation is 1. The van der Waals surface area contributed by atoms with Crippen LogP contribution in [0.5, 0.6) is 0 Å². The number of piperazine rings is 1. The van der Waals surface area contributed by atoms with E-state index < -0.39 is 0 Å². The van der Waals surface area contributed by atoms with Crippen molar-refractivity contribution >= 4 is 35.5 Å². The minimum absolute atomic E-state index is 0. The minimum atomic E-state index is -0.210. The van der Waals surface area contributed by atoms with Crippen LogP contribution in [0, 0.1) is 18.7 Å². The summed E-state index contributed by atoms with van der Waals surface area (Å²) in [6, 6.07) is 8.21. The second-order valence-corrected chi connectivity index (χ2v) is 12.5. The van der Waals surface area contributed by atoms with Crippen LogP contribution in [0.1, 0.15) is 77.8 Å². The summed E-state index contributed by atoms with van der Waals surface area (Å²) in [5.74, 6) is 1.65. The van der Waals surface area contributed by atoms with Crippen LogP contribution in [0.25, 0.3) is 0 Å². The molecule has 1 aromatic heterocycles. The quantitative estimate of drug-likeness (QED) is 0.205. The van der Waals surface area contributed by atoms with Crippen molar-refractivity contribution in [3.63, 3.8) is 0 Å². The Morgan fingerprint density at radius 2 is 1.88 bits per heavy atom. The predicted octanol–water partition coefficient (Wildman–Crippen LogP) is 7.98. The van der Waals surface area contributed by atoms with Crippen LogP contribution in [0.2, 0.25) is 5.02 Å². The summed E-state index contributed by atoms with van der Waals surface area (Å²) < 4.78 is 22.0. The third kappa shape index (κ3) is 14.6. The van der Waals surface area contributed by atoms with E-state index in [1.54, 1.807) is 6.20 Å². The van der Waals surface area contributed by atoms with Crippen LogP contribution >= 0.6 is 23.5 Å². The summed E-state index contributed by atoms with van der Waals surface area (Å²) in [5.41, 5.74) is 2.79. The van der Waals surface area contributed by atoms with Crippen LogP contribution in [0.3, 0.4) is 0 Å². The van der Waals surface area contributed by atoms with Gasteiger partial charge in [-0.25, -0.2) is 8.70 Å². The Morgan fingerprint density at radius 3 is 2.48 bits per heavy atom. The average Bonchev–Trinajstić information content (AvgIpc) is 2.96. The van der Waals surface area contributed by atoms with Gasteiger partial charge in [0, 0.05) is 55.5 Å². The highest BCUT2D eigenvalue weighted by Crippen LogP contribution is 2.28. The Bertz CT molecular complexity index is 970. The van der Waals surface area contributed by atoms with Crippen molar-refractivity contribution in [1.82, 2.24) is 14.6 Å². The summed E-state index contributed by atoms with van der Waals surface area (Å²) in [6.07, 6.45) is 11.7. The maximum absolute atomic E-state index is 14.0. The molecule has 1 unspecified atom stereocenters. The van der Waals surface area contributed by atoms with Crippen molar-refractivity contribution < 1.29 is 13.9 Å². The van der Waals surface area contributed by atoms with E-state index in [1.165, 1.54) is 18.2 Å². The number of ether oxygens (including phenoxy) is 1. The van der Waals surface area contributed by atoms with Gasteiger partial charge in [0.2, 0.25) is 0 Å². The van der Waals surface area contributed by atoms with Crippen molar-refractivity contribution in [2.75, 3.05) is 37.8 Å². The number of carbonyl (C=O) groups excluding carboxylic acids is 1. The number of carbonyl (C=O) groups is 1. The molecule has 2 N–H and O–H groups in total. The van der Waals surface area contributed by atoms with Crippen LogP contribution in [0.15, 0.2) is 36.7 Å². The molecule has 2 aliphatic heterocycles. The molecule has 0 spiro atoms. The van der Waals surface area contributed by atoms with E-state index in [4.69, 9.17) is 16.3 Å². The normalized spacial score (nSPS) is 22.0. The zero-order valence-electron chi connectivity index (χ0n) is 25.5. The van der Waals surface area contributed by atoms with Crippen molar-refractivity contribution in [2.45, 2.75) is 98.3 Å². The SMILES string of the molecule is C.CCCSN1CCNC[C@@H]1CCc1c(F)cncc1NC.C[C@@H]1CC(CCC=O)C[C@H](C)O1.Cc1ccc(Cl)cc1. The van der Waals surface area contributed by atoms with E-state index in [2.05, 4.69) is 40.7 Å². The van der Waals surface area contributed by atoms with E-state index in [0.29, 0.717) is 30.6 Å². The van der Waals surface area contributed by atoms with Gasteiger partial charge in [0.05, 0.1) is 30.3 Å². The molecule has 0 radical (unpaired) electrons. The first-order valence-electron chi connectivity index (χ1n) is 15.0. The average molecular weight is 625 g/mol. The third-order valence-corrected chi connectivity index (χ3v) is 8.91. The number of aromatic nitrogens is 1. The number of nitrogens with one attached hydrogen (secondary N) is 2. The molecule has 9 heteroatoms. The number of nitrogens with zero attached hydrogens (tertiary/aromatic N) is 2. The molecular formula is C33H54ClFN4O2S. The van der Waals surface area contributed by atoms with Gasteiger partial charge in [0.25, 0.3) is 0 Å². The number of pyridine rings is 1. The smallest absolute Gasteiger partial charge is 0.146 e. The second-order valence-electron chi connectivity index (χ2n) is 10.9. The maximum Gasteiger partial charge on any atom is 0.146 e. The lowest BCUT2D eigenvalue weighted by molar-refractivity contribution is -0.108. The van der Waals surface area contributed by atoms with E-state index >= 15 is 0 Å². The molecule has 42 heavy (non-hydrogen) atoms. The largest absolute Gasteiger partial charge is 0.387 e. The number of benzene rings is 1. The lowest BCUT2D eigenvalue weighted by atomic mass is 9.89. The topological polar surface area (TPSA) is 66.5 Å². The zero-order valence-corrected chi connectivity index (χ0v) is 27.1. The van der Waals surface area contributed by atoms with Gasteiger partial charge in [-0.1, -0.05) is 55.6 Å². The van der Waals surface area contributed by atoms with Gasteiger partial charge in [-0.2, -0.15) is 0 Å². The summed E-state index contributed by atoms with van der Waals surface area (Å²) in [7, 11) is 1.81. The lowest BCUT2D eigenvalue weighted by Gasteiger charge is -2.35. The fraction of sp³-hybridized carbons (Fsp3) is 0.636. The molecule has 3 heterocycles. The molecule has 2 fully saturated rings. The lowest BCUT2D eigenvalue weighted by Crippen LogP contribution is -2.48. The molecule has 2 saturated heterocycles. The molecule has 0 amide bonds. The Kier molecular flexibility index (Phi) is 20.0. The van der Waals surface area contributed by atoms with Crippen LogP contribution in [0.4, 0.5) is 10.1 Å². The van der Waals surface area contributed by atoms with Gasteiger partial charge in [0.15, 0.2) is 0 Å². The highest BCUT2D eigenvalue weighted by molar-refractivity contribution is 7.97. The highest BCUT2D eigenvalue weighted by Gasteiger charge is 2.24. The standard InChI is InChI=1S/C15H25FN4S.C10H18O2.C7H7Cl.CH4/c1-3-8-21-20-7-6-18-9-12(20)4-5-13-14(16)10-19-11-15(13)17-2;1-8-6-10(4-3-5-11)7-9(2)12-8;1-6-2-4-7(8)5-3-6;/h10-12,17-18H,3-9H2,1-2H3;5,8-10H,3-4,6-7H2,1-2H3;2-5H,1H3;1H4/t12-;8-,9+,10?;;/m0.../s1. The fourth-order valence-electron chi connectivity index (χ4n) is 5.22. The van der Waals surface area contributed by atoms with Crippen molar-refractivity contribution in [1.29, 1.82) is 0 Å². The molecule has 0 saturated carbocycles. The van der Waals surface area contributed by atoms with E-state index in [-0.39, 0.29) is 13.2 Å². The maximum atomic E-state index is 14.0. The Balaban J connectivity index is 0.000000353. The molecular weight excluding hydrogens is 571 g/mol. The van der Waals surface area contributed by atoms with Gasteiger partial charge >= 0.3 is 0 Å². The van der Waals surface area contributed by atoms with E-state index in [9.17, 15) is 9.18 Å². The third-order valence-electron chi connectivity index (χ3n) is 7.26. The van der Waals surface area contributed by atoms with Gasteiger partial charge in [-0.3, -0.25) is 4.98 Å². The van der Waals surface area contributed by atoms with Gasteiger partial charge in [-0.15, -0.1) is 0 Å². The number of rotatable bonds is 10. The van der Waals surface area contributed by atoms with E-state index in [0.717, 1.165) is 80.1 Å². The van der Waals surface area contributed by atoms with Crippen LogP contribution < -0.4 is 10.6 Å². The summed E-state index contributed by atoms with van der Waals surface area (Å²) in [5, 5.41) is 7.28. The van der Waals surface area contributed by atoms with Crippen LogP contribution in [-0.2, 0) is 16.0 Å². The molecule has 238 valence electrons. The fourth-order valence-corrected chi connectivity index (χ4v) is 6.38. The Morgan fingerprint density at radius 1 is 1.19 bits per heavy atom. The molecule has 4 atom stereocenters. The first-order valence-corrected chi connectivity index (χ1v) is 16.3. The van der Waals surface area contributed by atoms with Crippen molar-refractivity contribution in [2.24, 2.45) is 5.92 Å². The molecule has 4 rings (SSSR count). The number of hydrogen-bond donors (Lipinski definition) is 2. The number of hydrogen-bond acceptors (Lipinski definition) is 7. The number of halogens is 2. The highest BCUT2D eigenvalue weighted by atomic mass is 35.5. The number of anilines is 1. The van der Waals surface area contributed by atoms with Crippen LogP contribution in [-0.4, -0.2) is 66.3 Å². The molecule has 2 aliphatic rings. The molecule has 0 aliphatic carbocycles. The van der Waals surface area contributed by atoms with Crippen molar-refractivity contribution in [3.8, 4) is 0 Å². The first kappa shape index (κ1) is 38.3. The monoisotopic (exact) mass is 624 g/mol. The van der Waals surface area contributed by atoms with E-state index in [1.807, 2.05) is 50.2 Å². The summed E-state index contributed by atoms with van der Waals surface area (Å²) in [4.78, 5) is 14.1. The zero-order chi connectivity index (χ0) is 30.0. The Hall–Kier alpha value is -1.71.